The molecule has 0 aliphatic heterocycles. The van der Waals surface area contributed by atoms with E-state index in [9.17, 15) is 0 Å². The van der Waals surface area contributed by atoms with Crippen molar-refractivity contribution < 1.29 is 0 Å². The van der Waals surface area contributed by atoms with Gasteiger partial charge in [-0.25, -0.2) is 0 Å². The van der Waals surface area contributed by atoms with Crippen LogP contribution in [0, 0.1) is 0 Å². The minimum Gasteiger partial charge on any atom is -0.0885 e. The first-order valence-electron chi connectivity index (χ1n) is 9.56. The molecule has 0 fully saturated rings. The quantitative estimate of drug-likeness (QED) is 0.200. The van der Waals surface area contributed by atoms with Crippen LogP contribution >= 0.6 is 0 Å². The molecule has 0 nitrogen and oxygen atoms in total. The zero-order valence-electron chi connectivity index (χ0n) is 14.5. The second kappa shape index (κ2) is 18.7. The van der Waals surface area contributed by atoms with E-state index in [0.717, 1.165) is 0 Å². The number of allylic oxidation sites excluding steroid dienone is 2. The van der Waals surface area contributed by atoms with Gasteiger partial charge in [0, 0.05) is 0 Å². The van der Waals surface area contributed by atoms with Crippen LogP contribution in [-0.4, -0.2) is 0 Å². The van der Waals surface area contributed by atoms with E-state index < -0.39 is 0 Å². The van der Waals surface area contributed by atoms with Gasteiger partial charge >= 0.3 is 0 Å². The minimum atomic E-state index is 1.31. The van der Waals surface area contributed by atoms with Gasteiger partial charge in [0.25, 0.3) is 0 Å². The van der Waals surface area contributed by atoms with E-state index in [1.54, 1.807) is 0 Å². The maximum Gasteiger partial charge on any atom is -0.0351 e. The molecule has 0 aromatic rings. The Kier molecular flexibility index (Phi) is 18.5. The van der Waals surface area contributed by atoms with Gasteiger partial charge < -0.3 is 0 Å². The molecule has 0 aliphatic carbocycles. The lowest BCUT2D eigenvalue weighted by molar-refractivity contribution is 0.566. The molecule has 0 N–H and O–H groups in total. The highest BCUT2D eigenvalue weighted by Crippen LogP contribution is 2.11. The van der Waals surface area contributed by atoms with Crippen LogP contribution in [-0.2, 0) is 0 Å². The van der Waals surface area contributed by atoms with Gasteiger partial charge in [-0.3, -0.25) is 0 Å². The molecule has 0 bridgehead atoms. The fourth-order valence-corrected chi connectivity index (χ4v) is 2.67. The zero-order valence-corrected chi connectivity index (χ0v) is 14.5. The molecule has 0 saturated carbocycles. The van der Waals surface area contributed by atoms with Crippen molar-refractivity contribution in [3.05, 3.63) is 12.2 Å². The average molecular weight is 281 g/mol. The summed E-state index contributed by atoms with van der Waals surface area (Å²) >= 11 is 0. The van der Waals surface area contributed by atoms with Crippen molar-refractivity contribution in [3.63, 3.8) is 0 Å². The Morgan fingerprint density at radius 2 is 0.700 bits per heavy atom. The zero-order chi connectivity index (χ0) is 14.7. The summed E-state index contributed by atoms with van der Waals surface area (Å²) in [6, 6.07) is 0. The van der Waals surface area contributed by atoms with Gasteiger partial charge in [0.1, 0.15) is 0 Å². The predicted molar refractivity (Wildman–Crippen MR) is 94.4 cm³/mol. The van der Waals surface area contributed by atoms with E-state index in [0.29, 0.717) is 0 Å². The van der Waals surface area contributed by atoms with Crippen LogP contribution in [0.4, 0.5) is 0 Å². The van der Waals surface area contributed by atoms with Crippen LogP contribution in [0.2, 0.25) is 0 Å². The van der Waals surface area contributed by atoms with Gasteiger partial charge in [-0.05, 0) is 25.7 Å². The Morgan fingerprint density at radius 1 is 0.400 bits per heavy atom. The first kappa shape index (κ1) is 19.7. The molecular formula is C20H40. The van der Waals surface area contributed by atoms with Crippen LogP contribution in [0.1, 0.15) is 117 Å². The largest absolute Gasteiger partial charge is 0.0885 e. The maximum absolute atomic E-state index is 2.42. The highest BCUT2D eigenvalue weighted by atomic mass is 14.0. The number of hydrogen-bond donors (Lipinski definition) is 0. The molecule has 0 rings (SSSR count). The molecule has 0 radical (unpaired) electrons. The fourth-order valence-electron chi connectivity index (χ4n) is 2.67. The van der Waals surface area contributed by atoms with E-state index in [1.165, 1.54) is 103 Å². The molecule has 0 saturated heterocycles. The van der Waals surface area contributed by atoms with Crippen LogP contribution in [0.3, 0.4) is 0 Å². The lowest BCUT2D eigenvalue weighted by Gasteiger charge is -2.00. The van der Waals surface area contributed by atoms with E-state index in [2.05, 4.69) is 26.0 Å². The second-order valence-corrected chi connectivity index (χ2v) is 6.29. The highest BCUT2D eigenvalue weighted by Gasteiger charge is 1.91. The summed E-state index contributed by atoms with van der Waals surface area (Å²) in [6.45, 7) is 4.57. The summed E-state index contributed by atoms with van der Waals surface area (Å²) < 4.78 is 0. The third-order valence-corrected chi connectivity index (χ3v) is 4.12. The molecule has 0 aliphatic rings. The van der Waals surface area contributed by atoms with Crippen molar-refractivity contribution in [2.75, 3.05) is 0 Å². The summed E-state index contributed by atoms with van der Waals surface area (Å²) in [5.74, 6) is 0. The number of hydrogen-bond acceptors (Lipinski definition) is 0. The molecule has 0 unspecified atom stereocenters. The number of rotatable bonds is 16. The summed E-state index contributed by atoms with van der Waals surface area (Å²) in [6.07, 6.45) is 27.4. The van der Waals surface area contributed by atoms with E-state index in [-0.39, 0.29) is 0 Å². The van der Waals surface area contributed by atoms with Gasteiger partial charge in [0.15, 0.2) is 0 Å². The van der Waals surface area contributed by atoms with Crippen molar-refractivity contribution in [3.8, 4) is 0 Å². The first-order chi connectivity index (χ1) is 9.91. The smallest absolute Gasteiger partial charge is 0.0351 e. The van der Waals surface area contributed by atoms with Crippen LogP contribution in [0.15, 0.2) is 12.2 Å². The molecule has 120 valence electrons. The third kappa shape index (κ3) is 17.7. The molecule has 0 amide bonds. The Morgan fingerprint density at radius 3 is 1.05 bits per heavy atom. The Labute approximate surface area is 129 Å². The predicted octanol–water partition coefficient (Wildman–Crippen LogP) is 7.82. The molecule has 0 atom stereocenters. The Balaban J connectivity index is 3.01. The molecule has 20 heavy (non-hydrogen) atoms. The molecule has 0 heteroatoms. The molecule has 0 spiro atoms. The van der Waals surface area contributed by atoms with Gasteiger partial charge in [-0.1, -0.05) is 103 Å². The minimum absolute atomic E-state index is 1.31. The van der Waals surface area contributed by atoms with E-state index in [4.69, 9.17) is 0 Å². The SMILES string of the molecule is CCCCCCCC=CCCCCCCCCCCC. The lowest BCUT2D eigenvalue weighted by Crippen LogP contribution is -1.81. The van der Waals surface area contributed by atoms with Crippen molar-refractivity contribution >= 4 is 0 Å². The van der Waals surface area contributed by atoms with Crippen molar-refractivity contribution in [1.82, 2.24) is 0 Å². The fraction of sp³-hybridized carbons (Fsp3) is 0.900. The summed E-state index contributed by atoms with van der Waals surface area (Å²) in [5.41, 5.74) is 0. The van der Waals surface area contributed by atoms with Gasteiger partial charge in [0.2, 0.25) is 0 Å². The monoisotopic (exact) mass is 280 g/mol. The normalized spacial score (nSPS) is 11.5. The van der Waals surface area contributed by atoms with Crippen molar-refractivity contribution in [2.45, 2.75) is 117 Å². The average Bonchev–Trinajstić information content (AvgIpc) is 2.47. The molecular weight excluding hydrogens is 240 g/mol. The summed E-state index contributed by atoms with van der Waals surface area (Å²) in [7, 11) is 0. The summed E-state index contributed by atoms with van der Waals surface area (Å²) in [4.78, 5) is 0. The Bertz CT molecular complexity index is 180. The van der Waals surface area contributed by atoms with E-state index >= 15 is 0 Å². The molecule has 0 aromatic heterocycles. The van der Waals surface area contributed by atoms with Gasteiger partial charge in [-0.2, -0.15) is 0 Å². The standard InChI is InChI=1S/C20H40/c1-3-5-7-9-11-13-15-17-19-20-18-16-14-12-10-8-6-4-2/h15,17H,3-14,16,18-20H2,1-2H3. The second-order valence-electron chi connectivity index (χ2n) is 6.29. The van der Waals surface area contributed by atoms with Crippen LogP contribution in [0.25, 0.3) is 0 Å². The molecule has 0 heterocycles. The maximum atomic E-state index is 2.42. The van der Waals surface area contributed by atoms with Crippen LogP contribution < -0.4 is 0 Å². The molecule has 0 aromatic carbocycles. The van der Waals surface area contributed by atoms with Crippen molar-refractivity contribution in [1.29, 1.82) is 0 Å². The van der Waals surface area contributed by atoms with Gasteiger partial charge in [-0.15, -0.1) is 0 Å². The summed E-state index contributed by atoms with van der Waals surface area (Å²) in [5, 5.41) is 0. The first-order valence-corrected chi connectivity index (χ1v) is 9.56. The highest BCUT2D eigenvalue weighted by molar-refractivity contribution is 4.81. The number of unbranched alkanes of at least 4 members (excludes halogenated alkanes) is 14. The third-order valence-electron chi connectivity index (χ3n) is 4.12. The lowest BCUT2D eigenvalue weighted by atomic mass is 10.1. The van der Waals surface area contributed by atoms with Crippen LogP contribution in [0.5, 0.6) is 0 Å². The van der Waals surface area contributed by atoms with Gasteiger partial charge in [0.05, 0.1) is 0 Å². The van der Waals surface area contributed by atoms with Crippen molar-refractivity contribution in [2.24, 2.45) is 0 Å². The van der Waals surface area contributed by atoms with E-state index in [1.807, 2.05) is 0 Å². The Hall–Kier alpha value is -0.260. The topological polar surface area (TPSA) is 0 Å².